The van der Waals surface area contributed by atoms with Gasteiger partial charge in [-0.25, -0.2) is 4.68 Å². The van der Waals surface area contributed by atoms with Crippen molar-refractivity contribution in [1.82, 2.24) is 14.8 Å². The molecule has 2 N–H and O–H groups in total. The fourth-order valence-corrected chi connectivity index (χ4v) is 3.06. The predicted molar refractivity (Wildman–Crippen MR) is 125 cm³/mol. The number of benzene rings is 2. The third-order valence-corrected chi connectivity index (χ3v) is 4.85. The van der Waals surface area contributed by atoms with Crippen LogP contribution in [-0.4, -0.2) is 65.6 Å². The van der Waals surface area contributed by atoms with Gasteiger partial charge >= 0.3 is 12.2 Å². The molecule has 2 aromatic carbocycles. The van der Waals surface area contributed by atoms with Crippen molar-refractivity contribution in [3.8, 4) is 23.1 Å². The van der Waals surface area contributed by atoms with Crippen LogP contribution in [0.5, 0.6) is 6.01 Å². The van der Waals surface area contributed by atoms with E-state index in [0.29, 0.717) is 30.2 Å². The topological polar surface area (TPSA) is 90.7 Å². The third-order valence-electron chi connectivity index (χ3n) is 4.85. The summed E-state index contributed by atoms with van der Waals surface area (Å²) in [6.07, 6.45) is -5.06. The van der Waals surface area contributed by atoms with Gasteiger partial charge in [-0.2, -0.15) is 18.2 Å². The molecule has 0 aliphatic carbocycles. The zero-order chi connectivity index (χ0) is 25.4. The number of aromatic nitrogens is 3. The van der Waals surface area contributed by atoms with Gasteiger partial charge in [0.2, 0.25) is 0 Å². The third kappa shape index (κ3) is 7.67. The lowest BCUT2D eigenvalue weighted by Gasteiger charge is -2.15. The molecule has 1 atom stereocenters. The number of hydrogen-bond acceptors (Lipinski definition) is 7. The fourth-order valence-electron chi connectivity index (χ4n) is 3.06. The summed E-state index contributed by atoms with van der Waals surface area (Å²) >= 11 is 0. The van der Waals surface area contributed by atoms with Crippen molar-refractivity contribution in [2.45, 2.75) is 32.2 Å². The first kappa shape index (κ1) is 26.5. The van der Waals surface area contributed by atoms with Gasteiger partial charge in [-0.15, -0.1) is 5.10 Å². The maximum Gasteiger partial charge on any atom is 0.416 e. The maximum absolute atomic E-state index is 13.0. The van der Waals surface area contributed by atoms with Crippen LogP contribution in [0.3, 0.4) is 0 Å². The summed E-state index contributed by atoms with van der Waals surface area (Å²) in [7, 11) is 1.54. The highest BCUT2D eigenvalue weighted by Crippen LogP contribution is 2.31. The molecule has 3 aromatic rings. The number of halogens is 3. The molecule has 0 spiro atoms. The summed E-state index contributed by atoms with van der Waals surface area (Å²) < 4.78 is 56.3. The highest BCUT2D eigenvalue weighted by Gasteiger charge is 2.30. The van der Waals surface area contributed by atoms with E-state index in [-0.39, 0.29) is 25.3 Å². The van der Waals surface area contributed by atoms with Gasteiger partial charge in [-0.1, -0.05) is 12.1 Å². The summed E-state index contributed by atoms with van der Waals surface area (Å²) in [5.74, 6) is 0.327. The largest absolute Gasteiger partial charge is 0.460 e. The van der Waals surface area contributed by atoms with Gasteiger partial charge in [0.1, 0.15) is 6.61 Å². The van der Waals surface area contributed by atoms with Crippen LogP contribution in [0, 0.1) is 0 Å². The van der Waals surface area contributed by atoms with Crippen molar-refractivity contribution >= 4 is 5.69 Å². The van der Waals surface area contributed by atoms with E-state index in [9.17, 15) is 18.3 Å². The number of methoxy groups -OCH3 is 1. The van der Waals surface area contributed by atoms with E-state index in [1.807, 2.05) is 13.8 Å². The van der Waals surface area contributed by atoms with E-state index in [4.69, 9.17) is 14.2 Å². The minimum absolute atomic E-state index is 0.0360. The summed E-state index contributed by atoms with van der Waals surface area (Å²) in [6.45, 7) is 4.89. The summed E-state index contributed by atoms with van der Waals surface area (Å²) in [5.41, 5.74) is 1.09. The SMILES string of the molecule is COCCOc1nc(-c2ccc(C(F)(F)F)cc2)n(-c2ccc(NC[C@H](O)COC(C)C)cc2)n1. The van der Waals surface area contributed by atoms with Crippen molar-refractivity contribution in [2.24, 2.45) is 0 Å². The van der Waals surface area contributed by atoms with Crippen molar-refractivity contribution in [1.29, 1.82) is 0 Å². The van der Waals surface area contributed by atoms with E-state index in [1.165, 1.54) is 23.9 Å². The smallest absolute Gasteiger partial charge is 0.416 e. The van der Waals surface area contributed by atoms with Crippen LogP contribution in [0.1, 0.15) is 19.4 Å². The lowest BCUT2D eigenvalue weighted by molar-refractivity contribution is -0.137. The van der Waals surface area contributed by atoms with E-state index in [2.05, 4.69) is 15.4 Å². The van der Waals surface area contributed by atoms with Gasteiger partial charge in [0.25, 0.3) is 0 Å². The zero-order valence-electron chi connectivity index (χ0n) is 19.7. The molecule has 0 aliphatic heterocycles. The van der Waals surface area contributed by atoms with Gasteiger partial charge in [0.05, 0.1) is 36.7 Å². The normalized spacial score (nSPS) is 12.7. The second kappa shape index (κ2) is 12.0. The number of aliphatic hydroxyl groups is 1. The lowest BCUT2D eigenvalue weighted by Crippen LogP contribution is -2.26. The molecule has 0 bridgehead atoms. The average molecular weight is 495 g/mol. The van der Waals surface area contributed by atoms with Crippen LogP contribution in [0.25, 0.3) is 17.1 Å². The monoisotopic (exact) mass is 494 g/mol. The molecule has 11 heteroatoms. The number of alkyl halides is 3. The first-order valence-electron chi connectivity index (χ1n) is 11.1. The first-order chi connectivity index (χ1) is 16.7. The number of nitrogens with one attached hydrogen (secondary N) is 1. The van der Waals surface area contributed by atoms with Crippen LogP contribution in [0.4, 0.5) is 18.9 Å². The molecule has 0 amide bonds. The van der Waals surface area contributed by atoms with E-state index in [0.717, 1.165) is 17.8 Å². The molecule has 0 unspecified atom stereocenters. The quantitative estimate of drug-likeness (QED) is 0.365. The summed E-state index contributed by atoms with van der Waals surface area (Å²) in [5, 5.41) is 17.5. The average Bonchev–Trinajstić information content (AvgIpc) is 3.25. The van der Waals surface area contributed by atoms with Crippen LogP contribution in [0.15, 0.2) is 48.5 Å². The van der Waals surface area contributed by atoms with Crippen molar-refractivity contribution in [3.05, 3.63) is 54.1 Å². The van der Waals surface area contributed by atoms with Crippen molar-refractivity contribution < 1.29 is 32.5 Å². The molecule has 0 aliphatic rings. The molecule has 190 valence electrons. The second-order valence-corrected chi connectivity index (χ2v) is 8.01. The molecule has 0 saturated carbocycles. The van der Waals surface area contributed by atoms with E-state index >= 15 is 0 Å². The molecule has 0 saturated heterocycles. The van der Waals surface area contributed by atoms with Crippen LogP contribution < -0.4 is 10.1 Å². The van der Waals surface area contributed by atoms with Crippen LogP contribution in [0.2, 0.25) is 0 Å². The minimum Gasteiger partial charge on any atom is -0.460 e. The van der Waals surface area contributed by atoms with Crippen molar-refractivity contribution in [3.63, 3.8) is 0 Å². The predicted octanol–water partition coefficient (Wildman–Crippen LogP) is 4.18. The molecule has 1 heterocycles. The highest BCUT2D eigenvalue weighted by molar-refractivity contribution is 5.60. The summed E-state index contributed by atoms with van der Waals surface area (Å²) in [6, 6.07) is 11.9. The number of anilines is 1. The number of aliphatic hydroxyl groups excluding tert-OH is 1. The van der Waals surface area contributed by atoms with Crippen LogP contribution in [-0.2, 0) is 15.7 Å². The maximum atomic E-state index is 13.0. The van der Waals surface area contributed by atoms with Gasteiger partial charge < -0.3 is 24.6 Å². The molecule has 1 aromatic heterocycles. The minimum atomic E-state index is -4.43. The Labute approximate surface area is 201 Å². The van der Waals surface area contributed by atoms with Gasteiger partial charge in [-0.3, -0.25) is 0 Å². The molecular formula is C24H29F3N4O4. The number of hydrogen-bond donors (Lipinski definition) is 2. The van der Waals surface area contributed by atoms with E-state index < -0.39 is 17.8 Å². The van der Waals surface area contributed by atoms with Crippen molar-refractivity contribution in [2.75, 3.05) is 38.8 Å². The Morgan fingerprint density at radius 3 is 2.31 bits per heavy atom. The Bertz CT molecular complexity index is 1050. The number of nitrogens with zero attached hydrogens (tertiary/aromatic N) is 3. The molecular weight excluding hydrogens is 465 g/mol. The Hall–Kier alpha value is -3.15. The Morgan fingerprint density at radius 1 is 1.03 bits per heavy atom. The molecule has 0 fully saturated rings. The van der Waals surface area contributed by atoms with Gasteiger partial charge in [0, 0.05) is 24.9 Å². The van der Waals surface area contributed by atoms with E-state index in [1.54, 1.807) is 24.3 Å². The molecule has 0 radical (unpaired) electrons. The van der Waals surface area contributed by atoms with Gasteiger partial charge in [-0.05, 0) is 50.2 Å². The summed E-state index contributed by atoms with van der Waals surface area (Å²) in [4.78, 5) is 4.37. The first-order valence-corrected chi connectivity index (χ1v) is 11.1. The van der Waals surface area contributed by atoms with Gasteiger partial charge in [0.15, 0.2) is 5.82 Å². The molecule has 3 rings (SSSR count). The fraction of sp³-hybridized carbons (Fsp3) is 0.417. The zero-order valence-corrected chi connectivity index (χ0v) is 19.7. The van der Waals surface area contributed by atoms with Crippen LogP contribution >= 0.6 is 0 Å². The molecule has 8 nitrogen and oxygen atoms in total. The Balaban J connectivity index is 1.80. The Kier molecular flexibility index (Phi) is 9.07. The lowest BCUT2D eigenvalue weighted by atomic mass is 10.1. The highest BCUT2D eigenvalue weighted by atomic mass is 19.4. The number of rotatable bonds is 12. The second-order valence-electron chi connectivity index (χ2n) is 8.01. The Morgan fingerprint density at radius 2 is 1.71 bits per heavy atom. The standard InChI is InChI=1S/C24H29F3N4O4/c1-16(2)35-15-21(32)14-28-19-8-10-20(11-9-19)31-22(29-23(30-31)34-13-12-33-3)17-4-6-18(7-5-17)24(25,26)27/h4-11,16,21,28,32H,12-15H2,1-3H3/t21-/m0/s1. The number of ether oxygens (including phenoxy) is 3. The molecule has 35 heavy (non-hydrogen) atoms.